The van der Waals surface area contributed by atoms with E-state index in [2.05, 4.69) is 28.4 Å². The minimum absolute atomic E-state index is 0.0385. The molecule has 1 rings (SSSR count). The number of ether oxygens (including phenoxy) is 7. The molecule has 0 spiro atoms. The van der Waals surface area contributed by atoms with Gasteiger partial charge in [0.2, 0.25) is 6.36 Å². The minimum atomic E-state index is -6.23. The van der Waals surface area contributed by atoms with Crippen LogP contribution in [0.25, 0.3) is 0 Å². The molecule has 0 saturated heterocycles. The first-order valence-electron chi connectivity index (χ1n) is 15.2. The van der Waals surface area contributed by atoms with Crippen molar-refractivity contribution in [3.05, 3.63) is 0 Å². The Bertz CT molecular complexity index is 1100. The van der Waals surface area contributed by atoms with E-state index in [0.717, 1.165) is 6.92 Å². The van der Waals surface area contributed by atoms with E-state index in [0.29, 0.717) is 12.8 Å². The lowest BCUT2D eigenvalue weighted by molar-refractivity contribution is -0.333. The predicted molar refractivity (Wildman–Crippen MR) is 142 cm³/mol. The summed E-state index contributed by atoms with van der Waals surface area (Å²) in [6.07, 6.45) is -20.6. The third kappa shape index (κ3) is 19.1. The molecule has 52 heavy (non-hydrogen) atoms. The minimum Gasteiger partial charge on any atom is -0.461 e. The van der Waals surface area contributed by atoms with Crippen molar-refractivity contribution in [3.63, 3.8) is 0 Å². The highest BCUT2D eigenvalue weighted by Crippen LogP contribution is 2.38. The summed E-state index contributed by atoms with van der Waals surface area (Å²) in [6.45, 7) is -10.0. The highest BCUT2D eigenvalue weighted by Gasteiger charge is 2.66. The molecule has 1 fully saturated rings. The molecule has 0 aromatic heterocycles. The number of alkyl halides is 15. The number of esters is 2. The van der Waals surface area contributed by atoms with E-state index in [1.165, 1.54) is 0 Å². The second-order valence-corrected chi connectivity index (χ2v) is 12.0. The first-order valence-corrected chi connectivity index (χ1v) is 15.2. The third-order valence-electron chi connectivity index (χ3n) is 6.79. The Hall–Kier alpha value is -2.31. The molecule has 9 nitrogen and oxygen atoms in total. The Labute approximate surface area is 286 Å². The van der Waals surface area contributed by atoms with E-state index in [1.807, 2.05) is 0 Å². The van der Waals surface area contributed by atoms with E-state index in [1.54, 1.807) is 0 Å². The van der Waals surface area contributed by atoms with Gasteiger partial charge in [-0.2, -0.15) is 35.1 Å². The van der Waals surface area contributed by atoms with Crippen molar-refractivity contribution >= 4 is 11.9 Å². The first kappa shape index (κ1) is 47.7. The van der Waals surface area contributed by atoms with E-state index in [-0.39, 0.29) is 32.3 Å². The number of carbonyl (C=O) groups excluding carboxylic acids is 2. The Morgan fingerprint density at radius 3 is 1.75 bits per heavy atom. The lowest BCUT2D eigenvalue weighted by Crippen LogP contribution is -2.53. The van der Waals surface area contributed by atoms with Crippen LogP contribution in [0.4, 0.5) is 65.9 Å². The highest BCUT2D eigenvalue weighted by molar-refractivity contribution is 5.78. The summed E-state index contributed by atoms with van der Waals surface area (Å²) in [5, 5.41) is 0. The maximum Gasteiger partial charge on any atom is 0.460 e. The van der Waals surface area contributed by atoms with Gasteiger partial charge in [-0.15, -0.1) is 0 Å². The standard InChI is InChI=1S/C28H37F15O9/c1-17(44)49-15-24(34,35)12-25(36,37)52-20(29)11-46-9-18-3-5-19(6-4-18)10-50-26(38,39)16-47-14-23(32,33)7-8-48-21(45)27(40,28(41,42)43)51-13-22(2,30)31/h18-20H,3-16H2,1-2H3. The summed E-state index contributed by atoms with van der Waals surface area (Å²) in [5.74, 6) is -22.6. The zero-order valence-electron chi connectivity index (χ0n) is 27.5. The van der Waals surface area contributed by atoms with Gasteiger partial charge in [0, 0.05) is 26.9 Å². The van der Waals surface area contributed by atoms with E-state index in [9.17, 15) is 75.4 Å². The van der Waals surface area contributed by atoms with Crippen LogP contribution in [0.1, 0.15) is 52.4 Å². The van der Waals surface area contributed by atoms with Gasteiger partial charge >= 0.3 is 36.2 Å². The maximum absolute atomic E-state index is 14.1. The molecule has 1 aliphatic rings. The molecule has 308 valence electrons. The van der Waals surface area contributed by atoms with Gasteiger partial charge < -0.3 is 28.4 Å². The van der Waals surface area contributed by atoms with Crippen LogP contribution in [-0.4, -0.2) is 113 Å². The average Bonchev–Trinajstić information content (AvgIpc) is 2.96. The Balaban J connectivity index is 2.36. The van der Waals surface area contributed by atoms with Crippen molar-refractivity contribution in [1.29, 1.82) is 0 Å². The van der Waals surface area contributed by atoms with Crippen LogP contribution in [0, 0.1) is 11.8 Å². The quantitative estimate of drug-likeness (QED) is 0.0731. The molecule has 0 aromatic carbocycles. The van der Waals surface area contributed by atoms with E-state index >= 15 is 0 Å². The molecule has 2 unspecified atom stereocenters. The smallest absolute Gasteiger partial charge is 0.460 e. The zero-order chi connectivity index (χ0) is 40.2. The Morgan fingerprint density at radius 2 is 1.23 bits per heavy atom. The predicted octanol–water partition coefficient (Wildman–Crippen LogP) is 7.40. The number of hydrogen-bond donors (Lipinski definition) is 0. The van der Waals surface area contributed by atoms with Crippen molar-refractivity contribution in [2.24, 2.45) is 11.8 Å². The fourth-order valence-corrected chi connectivity index (χ4v) is 4.26. The highest BCUT2D eigenvalue weighted by atomic mass is 19.4. The summed E-state index contributed by atoms with van der Waals surface area (Å²) >= 11 is 0. The molecule has 0 amide bonds. The van der Waals surface area contributed by atoms with Gasteiger partial charge in [0.1, 0.15) is 32.8 Å². The fraction of sp³-hybridized carbons (Fsp3) is 0.929. The molecule has 0 radical (unpaired) electrons. The van der Waals surface area contributed by atoms with Crippen LogP contribution < -0.4 is 0 Å². The number of carbonyl (C=O) groups is 2. The van der Waals surface area contributed by atoms with E-state index in [4.69, 9.17) is 4.74 Å². The molecule has 1 aliphatic carbocycles. The lowest BCUT2D eigenvalue weighted by atomic mass is 9.83. The maximum atomic E-state index is 14.1. The molecule has 0 heterocycles. The van der Waals surface area contributed by atoms with Crippen molar-refractivity contribution in [3.8, 4) is 0 Å². The molecule has 1 saturated carbocycles. The van der Waals surface area contributed by atoms with Gasteiger partial charge in [-0.25, -0.2) is 35.5 Å². The summed E-state index contributed by atoms with van der Waals surface area (Å²) in [5.41, 5.74) is 0. The number of halogens is 15. The number of rotatable bonds is 24. The Kier molecular flexibility index (Phi) is 17.7. The van der Waals surface area contributed by atoms with Crippen LogP contribution in [0.3, 0.4) is 0 Å². The van der Waals surface area contributed by atoms with Gasteiger partial charge in [-0.05, 0) is 37.5 Å². The van der Waals surface area contributed by atoms with Crippen LogP contribution >= 0.6 is 0 Å². The summed E-state index contributed by atoms with van der Waals surface area (Å²) in [6, 6.07) is 0. The molecule has 2 atom stereocenters. The third-order valence-corrected chi connectivity index (χ3v) is 6.79. The van der Waals surface area contributed by atoms with Crippen molar-refractivity contribution in [2.45, 2.75) is 101 Å². The summed E-state index contributed by atoms with van der Waals surface area (Å²) in [7, 11) is 0. The second-order valence-electron chi connectivity index (χ2n) is 12.0. The van der Waals surface area contributed by atoms with Crippen molar-refractivity contribution in [1.82, 2.24) is 0 Å². The number of hydrogen-bond acceptors (Lipinski definition) is 9. The van der Waals surface area contributed by atoms with E-state index < -0.39 is 125 Å². The van der Waals surface area contributed by atoms with Crippen molar-refractivity contribution in [2.75, 3.05) is 52.9 Å². The van der Waals surface area contributed by atoms with Crippen molar-refractivity contribution < 1.29 is 109 Å². The van der Waals surface area contributed by atoms with Gasteiger partial charge in [0.15, 0.2) is 6.61 Å². The van der Waals surface area contributed by atoms with Crippen LogP contribution in [0.5, 0.6) is 0 Å². The molecule has 0 aromatic rings. The van der Waals surface area contributed by atoms with Gasteiger partial charge in [-0.1, -0.05) is 0 Å². The molecule has 0 N–H and O–H groups in total. The monoisotopic (exact) mass is 802 g/mol. The second kappa shape index (κ2) is 19.3. The molecule has 0 bridgehead atoms. The zero-order valence-corrected chi connectivity index (χ0v) is 27.5. The summed E-state index contributed by atoms with van der Waals surface area (Å²) in [4.78, 5) is 22.1. The largest absolute Gasteiger partial charge is 0.461 e. The molecule has 0 aliphatic heterocycles. The average molecular weight is 803 g/mol. The van der Waals surface area contributed by atoms with Gasteiger partial charge in [0.05, 0.1) is 13.2 Å². The normalized spacial score (nSPS) is 19.9. The summed E-state index contributed by atoms with van der Waals surface area (Å²) < 4.78 is 231. The van der Waals surface area contributed by atoms with Crippen LogP contribution in [-0.2, 0) is 42.7 Å². The van der Waals surface area contributed by atoms with Crippen LogP contribution in [0.15, 0.2) is 0 Å². The Morgan fingerprint density at radius 1 is 0.673 bits per heavy atom. The fourth-order valence-electron chi connectivity index (χ4n) is 4.26. The first-order chi connectivity index (χ1) is 23.5. The SMILES string of the molecule is CC(=O)OCC(F)(F)CC(F)(F)OC(F)COCC1CCC(COC(F)(F)COCC(F)(F)CCOC(=O)C(F)(OCC(C)(F)F)C(F)(F)F)CC1. The molecule has 24 heteroatoms. The molecular weight excluding hydrogens is 765 g/mol. The van der Waals surface area contributed by atoms with Gasteiger partial charge in [0.25, 0.3) is 17.8 Å². The van der Waals surface area contributed by atoms with Crippen LogP contribution in [0.2, 0.25) is 0 Å². The lowest BCUT2D eigenvalue weighted by Gasteiger charge is -2.29. The molecular formula is C28H37F15O9. The van der Waals surface area contributed by atoms with Gasteiger partial charge in [-0.3, -0.25) is 9.53 Å². The topological polar surface area (TPSA) is 98.8 Å².